The van der Waals surface area contributed by atoms with Crippen molar-refractivity contribution in [2.45, 2.75) is 52.7 Å². The minimum atomic E-state index is -0.342. The third-order valence-electron chi connectivity index (χ3n) is 4.98. The fourth-order valence-corrected chi connectivity index (χ4v) is 3.00. The molecule has 1 aromatic carbocycles. The molecule has 0 atom stereocenters. The summed E-state index contributed by atoms with van der Waals surface area (Å²) in [5.74, 6) is 0.943. The number of benzene rings is 1. The van der Waals surface area contributed by atoms with Crippen LogP contribution in [0.1, 0.15) is 44.4 Å². The number of rotatable bonds is 5. The van der Waals surface area contributed by atoms with Crippen molar-refractivity contribution in [3.8, 4) is 5.75 Å². The van der Waals surface area contributed by atoms with Gasteiger partial charge < -0.3 is 19.4 Å². The molecule has 4 nitrogen and oxygen atoms in total. The number of aryl methyl sites for hydroxylation is 2. The van der Waals surface area contributed by atoms with Gasteiger partial charge in [0.2, 0.25) is 0 Å². The molecule has 5 heteroatoms. The van der Waals surface area contributed by atoms with Gasteiger partial charge in [-0.15, -0.1) is 0 Å². The Morgan fingerprint density at radius 1 is 1.12 bits per heavy atom. The number of methoxy groups -OCH3 is 1. The molecule has 1 fully saturated rings. The molecule has 0 amide bonds. The fourth-order valence-electron chi connectivity index (χ4n) is 3.00. The number of ether oxygens (including phenoxy) is 1. The van der Waals surface area contributed by atoms with Gasteiger partial charge in [-0.2, -0.15) is 0 Å². The van der Waals surface area contributed by atoms with E-state index in [1.165, 1.54) is 0 Å². The largest absolute Gasteiger partial charge is 0.496 e. The normalized spacial score (nSPS) is 19.7. The van der Waals surface area contributed by atoms with Gasteiger partial charge in [-0.3, -0.25) is 0 Å². The zero-order valence-electron chi connectivity index (χ0n) is 16.2. The minimum absolute atomic E-state index is 0.337. The molecule has 1 aliphatic heterocycles. The summed E-state index contributed by atoms with van der Waals surface area (Å²) in [4.78, 5) is 0. The van der Waals surface area contributed by atoms with Crippen LogP contribution in [0.3, 0.4) is 0 Å². The van der Waals surface area contributed by atoms with Crippen LogP contribution in [0, 0.1) is 13.8 Å². The van der Waals surface area contributed by atoms with E-state index >= 15 is 0 Å². The van der Waals surface area contributed by atoms with Crippen LogP contribution in [-0.4, -0.2) is 39.0 Å². The first-order valence-electron chi connectivity index (χ1n) is 8.47. The highest BCUT2D eigenvalue weighted by atomic mass is 16.7. The number of hydrogen-bond acceptors (Lipinski definition) is 4. The Hall–Kier alpha value is -1.30. The summed E-state index contributed by atoms with van der Waals surface area (Å²) >= 11 is 0. The summed E-state index contributed by atoms with van der Waals surface area (Å²) in [7, 11) is 3.30. The second-order valence-corrected chi connectivity index (χ2v) is 7.53. The first kappa shape index (κ1) is 19.0. The molecule has 1 aliphatic rings. The van der Waals surface area contributed by atoms with Gasteiger partial charge in [0.1, 0.15) is 5.75 Å². The van der Waals surface area contributed by atoms with Crippen LogP contribution in [-0.2, 0) is 9.31 Å². The predicted octanol–water partition coefficient (Wildman–Crippen LogP) is 3.55. The predicted molar refractivity (Wildman–Crippen MR) is 100 cm³/mol. The van der Waals surface area contributed by atoms with Crippen molar-refractivity contribution >= 4 is 13.2 Å². The Labute approximate surface area is 146 Å². The maximum atomic E-state index is 6.20. The van der Waals surface area contributed by atoms with Crippen molar-refractivity contribution in [3.63, 3.8) is 0 Å². The van der Waals surface area contributed by atoms with E-state index in [1.807, 2.05) is 7.05 Å². The maximum Gasteiger partial charge on any atom is 0.491 e. The monoisotopic (exact) mass is 331 g/mol. The second kappa shape index (κ2) is 6.91. The molecule has 1 aromatic rings. The molecule has 0 unspecified atom stereocenters. The summed E-state index contributed by atoms with van der Waals surface area (Å²) in [5.41, 5.74) is 3.79. The average Bonchev–Trinajstić information content (AvgIpc) is 2.66. The van der Waals surface area contributed by atoms with E-state index in [1.54, 1.807) is 7.11 Å². The van der Waals surface area contributed by atoms with Crippen molar-refractivity contribution < 1.29 is 14.0 Å². The molecule has 0 spiro atoms. The Morgan fingerprint density at radius 2 is 1.62 bits per heavy atom. The average molecular weight is 331 g/mol. The lowest BCUT2D eigenvalue weighted by Crippen LogP contribution is -2.41. The van der Waals surface area contributed by atoms with Crippen LogP contribution in [0.2, 0.25) is 0 Å². The first-order chi connectivity index (χ1) is 11.1. The third-order valence-corrected chi connectivity index (χ3v) is 4.98. The maximum absolute atomic E-state index is 6.20. The molecule has 24 heavy (non-hydrogen) atoms. The fraction of sp³-hybridized carbons (Fsp3) is 0.579. The summed E-state index contributed by atoms with van der Waals surface area (Å²) in [5, 5.41) is 3.22. The molecule has 2 rings (SSSR count). The van der Waals surface area contributed by atoms with Crippen LogP contribution in [0.4, 0.5) is 0 Å². The van der Waals surface area contributed by atoms with Crippen LogP contribution >= 0.6 is 0 Å². The van der Waals surface area contributed by atoms with Crippen molar-refractivity contribution in [1.29, 1.82) is 0 Å². The Kier molecular flexibility index (Phi) is 5.48. The zero-order valence-corrected chi connectivity index (χ0v) is 16.2. The smallest absolute Gasteiger partial charge is 0.491 e. The van der Waals surface area contributed by atoms with Gasteiger partial charge >= 0.3 is 7.12 Å². The summed E-state index contributed by atoms with van der Waals surface area (Å²) in [6.45, 7) is 13.1. The lowest BCUT2D eigenvalue weighted by Gasteiger charge is -2.32. The molecule has 1 N–H and O–H groups in total. The highest BCUT2D eigenvalue weighted by molar-refractivity contribution is 6.55. The van der Waals surface area contributed by atoms with Crippen molar-refractivity contribution in [3.05, 3.63) is 34.3 Å². The van der Waals surface area contributed by atoms with E-state index in [9.17, 15) is 0 Å². The zero-order chi connectivity index (χ0) is 18.1. The molecule has 132 valence electrons. The molecular formula is C19H30BNO3. The van der Waals surface area contributed by atoms with E-state index in [0.29, 0.717) is 6.54 Å². The van der Waals surface area contributed by atoms with Crippen LogP contribution in [0.15, 0.2) is 17.6 Å². The lowest BCUT2D eigenvalue weighted by molar-refractivity contribution is 0.00578. The molecule has 1 saturated heterocycles. The van der Waals surface area contributed by atoms with Gasteiger partial charge in [0, 0.05) is 6.54 Å². The number of hydrogen-bond donors (Lipinski definition) is 1. The Morgan fingerprint density at radius 3 is 2.04 bits per heavy atom. The summed E-state index contributed by atoms with van der Waals surface area (Å²) in [6, 6.07) is 4.26. The topological polar surface area (TPSA) is 39.7 Å². The quantitative estimate of drug-likeness (QED) is 0.838. The molecule has 0 aliphatic carbocycles. The van der Waals surface area contributed by atoms with Crippen LogP contribution < -0.4 is 10.1 Å². The Bertz CT molecular complexity index is 598. The SMILES string of the molecule is CNCC(=Cc1cc(C)c(OC)c(C)c1)B1OC(C)(C)C(C)(C)O1. The standard InChI is InChI=1S/C19H30BNO3/c1-13-9-15(10-14(2)17(13)22-8)11-16(12-21-7)20-23-18(3,4)19(5,6)24-20/h9-11,21H,12H2,1-8H3. The first-order valence-corrected chi connectivity index (χ1v) is 8.47. The van der Waals surface area contributed by atoms with Crippen LogP contribution in [0.25, 0.3) is 6.08 Å². The molecule has 0 radical (unpaired) electrons. The minimum Gasteiger partial charge on any atom is -0.496 e. The Balaban J connectivity index is 2.37. The van der Waals surface area contributed by atoms with Crippen molar-refractivity contribution in [2.75, 3.05) is 20.7 Å². The molecule has 0 saturated carbocycles. The lowest BCUT2D eigenvalue weighted by atomic mass is 9.77. The van der Waals surface area contributed by atoms with E-state index in [0.717, 1.165) is 27.9 Å². The van der Waals surface area contributed by atoms with E-state index in [4.69, 9.17) is 14.0 Å². The molecule has 0 bridgehead atoms. The molecule has 1 heterocycles. The van der Waals surface area contributed by atoms with E-state index in [-0.39, 0.29) is 18.3 Å². The second-order valence-electron chi connectivity index (χ2n) is 7.53. The van der Waals surface area contributed by atoms with Crippen LogP contribution in [0.5, 0.6) is 5.75 Å². The third kappa shape index (κ3) is 3.69. The van der Waals surface area contributed by atoms with Gasteiger partial charge in [-0.1, -0.05) is 6.08 Å². The van der Waals surface area contributed by atoms with Gasteiger partial charge in [0.05, 0.1) is 18.3 Å². The van der Waals surface area contributed by atoms with Crippen molar-refractivity contribution in [1.82, 2.24) is 5.32 Å². The van der Waals surface area contributed by atoms with Gasteiger partial charge in [-0.05, 0) is 82.9 Å². The highest BCUT2D eigenvalue weighted by Crippen LogP contribution is 2.39. The highest BCUT2D eigenvalue weighted by Gasteiger charge is 2.52. The van der Waals surface area contributed by atoms with Gasteiger partial charge in [0.25, 0.3) is 0 Å². The van der Waals surface area contributed by atoms with Gasteiger partial charge in [-0.25, -0.2) is 0 Å². The number of nitrogens with one attached hydrogen (secondary N) is 1. The van der Waals surface area contributed by atoms with Crippen molar-refractivity contribution in [2.24, 2.45) is 0 Å². The van der Waals surface area contributed by atoms with Gasteiger partial charge in [0.15, 0.2) is 0 Å². The van der Waals surface area contributed by atoms with E-state index < -0.39 is 0 Å². The number of likely N-dealkylation sites (N-methyl/N-ethyl adjacent to an activating group) is 1. The van der Waals surface area contributed by atoms with E-state index in [2.05, 4.69) is 65.1 Å². The molecular weight excluding hydrogens is 301 g/mol. The summed E-state index contributed by atoms with van der Waals surface area (Å²) in [6.07, 6.45) is 2.15. The summed E-state index contributed by atoms with van der Waals surface area (Å²) < 4.78 is 17.9. The molecule has 0 aromatic heterocycles.